The van der Waals surface area contributed by atoms with Crippen LogP contribution in [0.5, 0.6) is 11.5 Å². The topological polar surface area (TPSA) is 55.8 Å². The van der Waals surface area contributed by atoms with E-state index in [0.29, 0.717) is 24.2 Å². The number of alkyl halides is 2. The minimum atomic E-state index is -2.67. The van der Waals surface area contributed by atoms with Gasteiger partial charge in [0.05, 0.1) is 5.41 Å². The molecule has 0 spiro atoms. The first-order valence-corrected chi connectivity index (χ1v) is 7.00. The van der Waals surface area contributed by atoms with Crippen molar-refractivity contribution in [3.63, 3.8) is 0 Å². The maximum absolute atomic E-state index is 13.1. The maximum Gasteiger partial charge on any atom is 0.314 e. The molecule has 21 heavy (non-hydrogen) atoms. The molecular formula is C15H16F2O4. The molecule has 114 valence electrons. The first-order chi connectivity index (χ1) is 10.0. The van der Waals surface area contributed by atoms with Gasteiger partial charge in [-0.3, -0.25) is 4.79 Å². The van der Waals surface area contributed by atoms with Crippen molar-refractivity contribution in [3.05, 3.63) is 23.3 Å². The predicted molar refractivity (Wildman–Crippen MR) is 69.9 cm³/mol. The Bertz CT molecular complexity index is 565. The summed E-state index contributed by atoms with van der Waals surface area (Å²) in [6.45, 7) is -0.0648. The fraction of sp³-hybridized carbons (Fsp3) is 0.533. The summed E-state index contributed by atoms with van der Waals surface area (Å²) in [6.07, 6.45) is 0.688. The maximum atomic E-state index is 13.1. The van der Waals surface area contributed by atoms with Gasteiger partial charge < -0.3 is 14.6 Å². The van der Waals surface area contributed by atoms with Crippen LogP contribution >= 0.6 is 0 Å². The van der Waals surface area contributed by atoms with Crippen molar-refractivity contribution in [2.24, 2.45) is 0 Å². The lowest BCUT2D eigenvalue weighted by molar-refractivity contribution is -0.145. The SMILES string of the molecule is O=C(O)C1(c2cc(C(F)F)cc3c2OCO3)CCCCC1. The van der Waals surface area contributed by atoms with E-state index in [9.17, 15) is 18.7 Å². The van der Waals surface area contributed by atoms with Crippen LogP contribution in [-0.4, -0.2) is 17.9 Å². The van der Waals surface area contributed by atoms with Crippen LogP contribution in [0.2, 0.25) is 0 Å². The number of halogens is 2. The molecule has 1 aliphatic heterocycles. The molecular weight excluding hydrogens is 282 g/mol. The van der Waals surface area contributed by atoms with Crippen LogP contribution in [-0.2, 0) is 10.2 Å². The van der Waals surface area contributed by atoms with Crippen LogP contribution in [0.1, 0.15) is 49.7 Å². The number of carbonyl (C=O) groups is 1. The van der Waals surface area contributed by atoms with Crippen LogP contribution in [0.4, 0.5) is 8.78 Å². The van der Waals surface area contributed by atoms with Gasteiger partial charge in [-0.15, -0.1) is 0 Å². The van der Waals surface area contributed by atoms with E-state index in [1.54, 1.807) is 0 Å². The Morgan fingerprint density at radius 2 is 1.90 bits per heavy atom. The Kier molecular flexibility index (Phi) is 3.47. The van der Waals surface area contributed by atoms with Crippen LogP contribution < -0.4 is 9.47 Å². The molecule has 1 fully saturated rings. The number of benzene rings is 1. The van der Waals surface area contributed by atoms with E-state index in [0.717, 1.165) is 19.3 Å². The highest BCUT2D eigenvalue weighted by Crippen LogP contribution is 2.49. The van der Waals surface area contributed by atoms with Crippen LogP contribution in [0.25, 0.3) is 0 Å². The lowest BCUT2D eigenvalue weighted by atomic mass is 9.69. The van der Waals surface area contributed by atoms with E-state index in [-0.39, 0.29) is 18.1 Å². The smallest absolute Gasteiger partial charge is 0.314 e. The van der Waals surface area contributed by atoms with Crippen molar-refractivity contribution in [1.29, 1.82) is 0 Å². The molecule has 6 heteroatoms. The van der Waals surface area contributed by atoms with Crippen molar-refractivity contribution in [2.45, 2.75) is 43.9 Å². The predicted octanol–water partition coefficient (Wildman–Crippen LogP) is 3.64. The molecule has 1 N–H and O–H groups in total. The van der Waals surface area contributed by atoms with E-state index in [4.69, 9.17) is 9.47 Å². The van der Waals surface area contributed by atoms with Crippen LogP contribution in [0, 0.1) is 0 Å². The summed E-state index contributed by atoms with van der Waals surface area (Å²) in [5, 5.41) is 9.72. The number of fused-ring (bicyclic) bond motifs is 1. The number of carboxylic acid groups (broad SMARTS) is 1. The van der Waals surface area contributed by atoms with Gasteiger partial charge in [0.1, 0.15) is 0 Å². The fourth-order valence-corrected chi connectivity index (χ4v) is 3.27. The Balaban J connectivity index is 2.17. The number of hydrogen-bond acceptors (Lipinski definition) is 3. The number of rotatable bonds is 3. The number of ether oxygens (including phenoxy) is 2. The Labute approximate surface area is 120 Å². The summed E-state index contributed by atoms with van der Waals surface area (Å²) >= 11 is 0. The molecule has 0 aromatic heterocycles. The molecule has 0 amide bonds. The normalized spacial score (nSPS) is 19.8. The third-order valence-corrected chi connectivity index (χ3v) is 4.38. The summed E-state index contributed by atoms with van der Waals surface area (Å²) in [6, 6.07) is 2.51. The summed E-state index contributed by atoms with van der Waals surface area (Å²) in [7, 11) is 0. The molecule has 1 saturated carbocycles. The third kappa shape index (κ3) is 2.22. The molecule has 0 unspecified atom stereocenters. The number of carboxylic acids is 1. The molecule has 4 nitrogen and oxygen atoms in total. The molecule has 2 aliphatic rings. The van der Waals surface area contributed by atoms with Gasteiger partial charge >= 0.3 is 5.97 Å². The van der Waals surface area contributed by atoms with E-state index in [1.807, 2.05) is 0 Å². The van der Waals surface area contributed by atoms with E-state index >= 15 is 0 Å². The second kappa shape index (κ2) is 5.16. The lowest BCUT2D eigenvalue weighted by Crippen LogP contribution is -2.38. The van der Waals surface area contributed by atoms with Crippen molar-refractivity contribution in [2.75, 3.05) is 6.79 Å². The van der Waals surface area contributed by atoms with E-state index in [1.165, 1.54) is 12.1 Å². The Morgan fingerprint density at radius 1 is 1.19 bits per heavy atom. The van der Waals surface area contributed by atoms with Crippen molar-refractivity contribution >= 4 is 5.97 Å². The largest absolute Gasteiger partial charge is 0.481 e. The number of hydrogen-bond donors (Lipinski definition) is 1. The minimum absolute atomic E-state index is 0.0648. The fourth-order valence-electron chi connectivity index (χ4n) is 3.27. The summed E-state index contributed by atoms with van der Waals surface area (Å²) < 4.78 is 36.7. The first-order valence-electron chi connectivity index (χ1n) is 7.00. The standard InChI is InChI=1S/C15H16F2O4/c16-13(17)9-6-10(12-11(7-9)20-8-21-12)15(14(18)19)4-2-1-3-5-15/h6-7,13H,1-5,8H2,(H,18,19). The Morgan fingerprint density at radius 3 is 2.52 bits per heavy atom. The zero-order valence-corrected chi connectivity index (χ0v) is 11.4. The third-order valence-electron chi connectivity index (χ3n) is 4.38. The highest BCUT2D eigenvalue weighted by Gasteiger charge is 2.45. The van der Waals surface area contributed by atoms with Crippen LogP contribution in [0.3, 0.4) is 0 Å². The quantitative estimate of drug-likeness (QED) is 0.925. The molecule has 0 atom stereocenters. The van der Waals surface area contributed by atoms with Gasteiger partial charge in [0.25, 0.3) is 6.43 Å². The van der Waals surface area contributed by atoms with E-state index in [2.05, 4.69) is 0 Å². The van der Waals surface area contributed by atoms with Gasteiger partial charge in [0.2, 0.25) is 6.79 Å². The summed E-state index contributed by atoms with van der Waals surface area (Å²) in [5.74, 6) is -0.455. The molecule has 0 radical (unpaired) electrons. The van der Waals surface area contributed by atoms with Crippen molar-refractivity contribution < 1.29 is 28.2 Å². The molecule has 1 heterocycles. The highest BCUT2D eigenvalue weighted by atomic mass is 19.3. The van der Waals surface area contributed by atoms with Gasteiger partial charge in [-0.25, -0.2) is 8.78 Å². The lowest BCUT2D eigenvalue weighted by Gasteiger charge is -2.34. The monoisotopic (exact) mass is 298 g/mol. The molecule has 1 aromatic rings. The zero-order chi connectivity index (χ0) is 15.0. The van der Waals surface area contributed by atoms with Gasteiger partial charge in [-0.2, -0.15) is 0 Å². The molecule has 0 bridgehead atoms. The molecule has 1 aliphatic carbocycles. The summed E-state index contributed by atoms with van der Waals surface area (Å²) in [4.78, 5) is 11.9. The second-order valence-electron chi connectivity index (χ2n) is 5.55. The highest BCUT2D eigenvalue weighted by molar-refractivity contribution is 5.83. The van der Waals surface area contributed by atoms with Crippen LogP contribution in [0.15, 0.2) is 12.1 Å². The molecule has 3 rings (SSSR count). The molecule has 1 aromatic carbocycles. The first kappa shape index (κ1) is 14.1. The van der Waals surface area contributed by atoms with Gasteiger partial charge in [-0.05, 0) is 25.0 Å². The number of aliphatic carboxylic acids is 1. The van der Waals surface area contributed by atoms with Crippen molar-refractivity contribution in [1.82, 2.24) is 0 Å². The average molecular weight is 298 g/mol. The van der Waals surface area contributed by atoms with Gasteiger partial charge in [0.15, 0.2) is 11.5 Å². The Hall–Kier alpha value is -1.85. The average Bonchev–Trinajstić information content (AvgIpc) is 2.94. The van der Waals surface area contributed by atoms with Gasteiger partial charge in [0, 0.05) is 11.1 Å². The van der Waals surface area contributed by atoms with E-state index < -0.39 is 17.8 Å². The van der Waals surface area contributed by atoms with Gasteiger partial charge in [-0.1, -0.05) is 19.3 Å². The second-order valence-corrected chi connectivity index (χ2v) is 5.55. The summed E-state index contributed by atoms with van der Waals surface area (Å²) in [5.41, 5.74) is -1.04. The van der Waals surface area contributed by atoms with Crippen molar-refractivity contribution in [3.8, 4) is 11.5 Å². The zero-order valence-electron chi connectivity index (χ0n) is 11.4. The minimum Gasteiger partial charge on any atom is -0.481 e. The molecule has 0 saturated heterocycles.